The summed E-state index contributed by atoms with van der Waals surface area (Å²) in [6.45, 7) is 4.89. The number of nitrogens with two attached hydrogens (primary N) is 1. The van der Waals surface area contributed by atoms with E-state index >= 15 is 0 Å². The molecule has 1 atom stereocenters. The molecule has 0 aliphatic rings. The third-order valence-corrected chi connectivity index (χ3v) is 2.79. The largest absolute Gasteiger partial charge is 0.493 e. The lowest BCUT2D eigenvalue weighted by Crippen LogP contribution is -2.42. The highest BCUT2D eigenvalue weighted by molar-refractivity contribution is 5.79. The van der Waals surface area contributed by atoms with Gasteiger partial charge in [0.2, 0.25) is 5.91 Å². The highest BCUT2D eigenvalue weighted by Gasteiger charge is 2.14. The summed E-state index contributed by atoms with van der Waals surface area (Å²) in [6, 6.07) is 3.96. The number of rotatable bonds is 8. The minimum atomic E-state index is -0.388. The number of carbonyl (C=O) groups excluding carboxylic acids is 1. The quantitative estimate of drug-likeness (QED) is 0.755. The lowest BCUT2D eigenvalue weighted by molar-refractivity contribution is -0.120. The molecule has 1 aromatic rings. The number of ether oxygens (including phenoxy) is 1. The summed E-state index contributed by atoms with van der Waals surface area (Å²) in [5, 5.41) is 3.06. The van der Waals surface area contributed by atoms with Crippen LogP contribution in [0.2, 0.25) is 0 Å². The van der Waals surface area contributed by atoms with Gasteiger partial charge in [0.05, 0.1) is 12.6 Å². The number of benzene rings is 1. The summed E-state index contributed by atoms with van der Waals surface area (Å²) in [6.07, 6.45) is 1.42. The van der Waals surface area contributed by atoms with Crippen molar-refractivity contribution in [3.8, 4) is 5.75 Å². The second-order valence-corrected chi connectivity index (χ2v) is 4.46. The minimum Gasteiger partial charge on any atom is -0.493 e. The van der Waals surface area contributed by atoms with Crippen LogP contribution in [0.25, 0.3) is 0 Å². The van der Waals surface area contributed by atoms with Gasteiger partial charge in [0.15, 0.2) is 0 Å². The van der Waals surface area contributed by atoms with Crippen molar-refractivity contribution >= 4 is 5.91 Å². The Hall–Kier alpha value is -1.62. The molecule has 1 aromatic carbocycles. The van der Waals surface area contributed by atoms with Crippen LogP contribution in [-0.2, 0) is 4.79 Å². The smallest absolute Gasteiger partial charge is 0.234 e. The monoisotopic (exact) mass is 268 g/mol. The number of hydrogen-bond acceptors (Lipinski definition) is 3. The molecule has 106 valence electrons. The topological polar surface area (TPSA) is 64.3 Å². The molecule has 0 aromatic heterocycles. The molecule has 5 heteroatoms. The molecule has 1 amide bonds. The predicted octanol–water partition coefficient (Wildman–Crippen LogP) is 1.76. The van der Waals surface area contributed by atoms with Gasteiger partial charge in [-0.25, -0.2) is 4.39 Å². The molecule has 0 bridgehead atoms. The second-order valence-electron chi connectivity index (χ2n) is 4.46. The van der Waals surface area contributed by atoms with Gasteiger partial charge in [-0.3, -0.25) is 4.79 Å². The third kappa shape index (κ3) is 5.26. The van der Waals surface area contributed by atoms with Crippen LogP contribution < -0.4 is 15.8 Å². The average molecular weight is 268 g/mol. The van der Waals surface area contributed by atoms with E-state index in [-0.39, 0.29) is 17.8 Å². The summed E-state index contributed by atoms with van der Waals surface area (Å²) < 4.78 is 18.5. The molecule has 0 radical (unpaired) electrons. The zero-order valence-corrected chi connectivity index (χ0v) is 11.4. The normalized spacial score (nSPS) is 12.2. The fraction of sp³-hybridized carbons (Fsp3) is 0.500. The van der Waals surface area contributed by atoms with Gasteiger partial charge in [-0.2, -0.15) is 0 Å². The molecular weight excluding hydrogens is 247 g/mol. The van der Waals surface area contributed by atoms with Crippen molar-refractivity contribution < 1.29 is 13.9 Å². The molecule has 0 saturated carbocycles. The zero-order chi connectivity index (χ0) is 14.3. The van der Waals surface area contributed by atoms with Crippen molar-refractivity contribution in [3.05, 3.63) is 29.6 Å². The van der Waals surface area contributed by atoms with E-state index in [9.17, 15) is 9.18 Å². The first-order valence-electron chi connectivity index (χ1n) is 6.46. The zero-order valence-electron chi connectivity index (χ0n) is 11.4. The van der Waals surface area contributed by atoms with Gasteiger partial charge < -0.3 is 15.8 Å². The van der Waals surface area contributed by atoms with E-state index in [0.29, 0.717) is 18.8 Å². The van der Waals surface area contributed by atoms with E-state index in [1.54, 1.807) is 13.0 Å². The number of primary amides is 1. The Kier molecular flexibility index (Phi) is 6.29. The molecule has 0 heterocycles. The predicted molar refractivity (Wildman–Crippen MR) is 72.5 cm³/mol. The molecule has 1 unspecified atom stereocenters. The fourth-order valence-electron chi connectivity index (χ4n) is 1.72. The van der Waals surface area contributed by atoms with Crippen LogP contribution in [-0.4, -0.2) is 25.1 Å². The van der Waals surface area contributed by atoms with Crippen LogP contribution in [0.3, 0.4) is 0 Å². The van der Waals surface area contributed by atoms with Crippen molar-refractivity contribution in [2.45, 2.75) is 32.7 Å². The van der Waals surface area contributed by atoms with Crippen molar-refractivity contribution in [1.82, 2.24) is 5.32 Å². The minimum absolute atomic E-state index is 0.288. The van der Waals surface area contributed by atoms with Crippen molar-refractivity contribution in [2.24, 2.45) is 5.73 Å². The van der Waals surface area contributed by atoms with E-state index in [4.69, 9.17) is 10.5 Å². The number of carbonyl (C=O) groups is 1. The van der Waals surface area contributed by atoms with Crippen molar-refractivity contribution in [1.29, 1.82) is 0 Å². The van der Waals surface area contributed by atoms with Crippen LogP contribution in [0.5, 0.6) is 5.75 Å². The van der Waals surface area contributed by atoms with E-state index in [1.807, 2.05) is 6.92 Å². The Morgan fingerprint density at radius 1 is 1.53 bits per heavy atom. The van der Waals surface area contributed by atoms with E-state index < -0.39 is 0 Å². The first kappa shape index (κ1) is 15.4. The molecule has 4 nitrogen and oxygen atoms in total. The standard InChI is InChI=1S/C14H21FN2O2/c1-3-7-17-12(14(16)18)6-8-19-13-5-4-11(15)9-10(13)2/h4-5,9,12,17H,3,6-8H2,1-2H3,(H2,16,18). The summed E-state index contributed by atoms with van der Waals surface area (Å²) in [4.78, 5) is 11.2. The molecule has 0 saturated heterocycles. The second kappa shape index (κ2) is 7.74. The molecule has 0 aliphatic heterocycles. The SMILES string of the molecule is CCCNC(CCOc1ccc(F)cc1C)C(N)=O. The Balaban J connectivity index is 2.45. The van der Waals surface area contributed by atoms with E-state index in [1.165, 1.54) is 12.1 Å². The van der Waals surface area contributed by atoms with E-state index in [2.05, 4.69) is 5.32 Å². The van der Waals surface area contributed by atoms with Gasteiger partial charge >= 0.3 is 0 Å². The Morgan fingerprint density at radius 3 is 2.84 bits per heavy atom. The molecule has 1 rings (SSSR count). The van der Waals surface area contributed by atoms with Crippen molar-refractivity contribution in [3.63, 3.8) is 0 Å². The number of hydrogen-bond donors (Lipinski definition) is 2. The Bertz CT molecular complexity index is 424. The molecule has 0 fully saturated rings. The average Bonchev–Trinajstić information content (AvgIpc) is 2.35. The van der Waals surface area contributed by atoms with Gasteiger partial charge in [-0.1, -0.05) is 6.92 Å². The molecule has 19 heavy (non-hydrogen) atoms. The first-order valence-corrected chi connectivity index (χ1v) is 6.46. The van der Waals surface area contributed by atoms with Gasteiger partial charge in [0, 0.05) is 6.42 Å². The van der Waals surface area contributed by atoms with E-state index in [0.717, 1.165) is 18.5 Å². The van der Waals surface area contributed by atoms with Gasteiger partial charge in [0.25, 0.3) is 0 Å². The number of aryl methyl sites for hydroxylation is 1. The van der Waals surface area contributed by atoms with Crippen LogP contribution >= 0.6 is 0 Å². The maximum Gasteiger partial charge on any atom is 0.234 e. The van der Waals surface area contributed by atoms with Crippen LogP contribution in [0.1, 0.15) is 25.3 Å². The lowest BCUT2D eigenvalue weighted by atomic mass is 10.2. The van der Waals surface area contributed by atoms with Crippen molar-refractivity contribution in [2.75, 3.05) is 13.2 Å². The number of amides is 1. The maximum atomic E-state index is 12.9. The highest BCUT2D eigenvalue weighted by atomic mass is 19.1. The number of nitrogens with one attached hydrogen (secondary N) is 1. The summed E-state index contributed by atoms with van der Waals surface area (Å²) in [7, 11) is 0. The maximum absolute atomic E-state index is 12.9. The molecular formula is C14H21FN2O2. The summed E-state index contributed by atoms with van der Waals surface area (Å²) in [5.41, 5.74) is 6.03. The molecule has 0 spiro atoms. The molecule has 0 aliphatic carbocycles. The summed E-state index contributed by atoms with van der Waals surface area (Å²) >= 11 is 0. The number of halogens is 1. The van der Waals surface area contributed by atoms with Gasteiger partial charge in [-0.05, 0) is 43.7 Å². The fourth-order valence-corrected chi connectivity index (χ4v) is 1.72. The van der Waals surface area contributed by atoms with Crippen LogP contribution in [0.15, 0.2) is 18.2 Å². The molecule has 3 N–H and O–H groups in total. The Morgan fingerprint density at radius 2 is 2.26 bits per heavy atom. The highest BCUT2D eigenvalue weighted by Crippen LogP contribution is 2.18. The van der Waals surface area contributed by atoms with Crippen LogP contribution in [0.4, 0.5) is 4.39 Å². The Labute approximate surface area is 113 Å². The van der Waals surface area contributed by atoms with Gasteiger partial charge in [0.1, 0.15) is 11.6 Å². The van der Waals surface area contributed by atoms with Gasteiger partial charge in [-0.15, -0.1) is 0 Å². The lowest BCUT2D eigenvalue weighted by Gasteiger charge is -2.16. The first-order chi connectivity index (χ1) is 9.04. The third-order valence-electron chi connectivity index (χ3n) is 2.79. The van der Waals surface area contributed by atoms with Crippen LogP contribution in [0, 0.1) is 12.7 Å². The summed E-state index contributed by atoms with van der Waals surface area (Å²) in [5.74, 6) is -0.0440.